The second-order valence-corrected chi connectivity index (χ2v) is 6.76. The van der Waals surface area contributed by atoms with Crippen LogP contribution in [-0.4, -0.2) is 17.4 Å². The molecule has 2 N–H and O–H groups in total. The highest BCUT2D eigenvalue weighted by atomic mass is 16.2. The van der Waals surface area contributed by atoms with Crippen LogP contribution in [0.1, 0.15) is 28.3 Å². The molecule has 1 amide bonds. The number of amides is 1. The SMILES string of the molecule is Cc1ccc(N(CCc2cccnc2)C(=O)C(N)c2ccccc2)cc1C. The minimum atomic E-state index is -0.693. The van der Waals surface area contributed by atoms with Crippen LogP contribution in [0.4, 0.5) is 5.69 Å². The zero-order valence-electron chi connectivity index (χ0n) is 15.8. The summed E-state index contributed by atoms with van der Waals surface area (Å²) in [7, 11) is 0. The van der Waals surface area contributed by atoms with Crippen LogP contribution in [0, 0.1) is 13.8 Å². The fourth-order valence-corrected chi connectivity index (χ4v) is 3.02. The molecule has 3 rings (SSSR count). The second-order valence-electron chi connectivity index (χ2n) is 6.76. The number of hydrogen-bond acceptors (Lipinski definition) is 3. The van der Waals surface area contributed by atoms with Crippen LogP contribution in [-0.2, 0) is 11.2 Å². The van der Waals surface area contributed by atoms with E-state index in [4.69, 9.17) is 5.73 Å². The maximum atomic E-state index is 13.2. The molecule has 27 heavy (non-hydrogen) atoms. The van der Waals surface area contributed by atoms with E-state index >= 15 is 0 Å². The summed E-state index contributed by atoms with van der Waals surface area (Å²) in [4.78, 5) is 19.2. The van der Waals surface area contributed by atoms with E-state index in [1.54, 1.807) is 11.1 Å². The summed E-state index contributed by atoms with van der Waals surface area (Å²) in [5, 5.41) is 0. The number of pyridine rings is 1. The van der Waals surface area contributed by atoms with Gasteiger partial charge in [-0.1, -0.05) is 42.5 Å². The van der Waals surface area contributed by atoms with Crippen molar-refractivity contribution in [1.82, 2.24) is 4.98 Å². The number of aryl methyl sites for hydroxylation is 2. The molecule has 4 nitrogen and oxygen atoms in total. The highest BCUT2D eigenvalue weighted by Gasteiger charge is 2.24. The minimum absolute atomic E-state index is 0.103. The van der Waals surface area contributed by atoms with Crippen LogP contribution < -0.4 is 10.6 Å². The Hall–Kier alpha value is -2.98. The third-order valence-electron chi connectivity index (χ3n) is 4.84. The maximum Gasteiger partial charge on any atom is 0.248 e. The number of nitrogens with two attached hydrogens (primary N) is 1. The number of carbonyl (C=O) groups excluding carboxylic acids is 1. The van der Waals surface area contributed by atoms with Crippen LogP contribution in [0.15, 0.2) is 73.1 Å². The highest BCUT2D eigenvalue weighted by Crippen LogP contribution is 2.23. The monoisotopic (exact) mass is 359 g/mol. The summed E-state index contributed by atoms with van der Waals surface area (Å²) in [5.74, 6) is -0.103. The summed E-state index contributed by atoms with van der Waals surface area (Å²) in [5.41, 5.74) is 11.4. The van der Waals surface area contributed by atoms with Gasteiger partial charge in [-0.25, -0.2) is 0 Å². The van der Waals surface area contributed by atoms with Crippen molar-refractivity contribution in [2.45, 2.75) is 26.3 Å². The zero-order valence-corrected chi connectivity index (χ0v) is 15.8. The molecule has 0 bridgehead atoms. The van der Waals surface area contributed by atoms with Crippen molar-refractivity contribution < 1.29 is 4.79 Å². The first-order valence-corrected chi connectivity index (χ1v) is 9.14. The van der Waals surface area contributed by atoms with Crippen molar-refractivity contribution in [2.24, 2.45) is 5.73 Å². The van der Waals surface area contributed by atoms with Gasteiger partial charge in [-0.2, -0.15) is 0 Å². The molecule has 1 unspecified atom stereocenters. The normalized spacial score (nSPS) is 11.8. The van der Waals surface area contributed by atoms with E-state index in [0.717, 1.165) is 22.4 Å². The van der Waals surface area contributed by atoms with Gasteiger partial charge in [0.05, 0.1) is 0 Å². The number of nitrogens with zero attached hydrogens (tertiary/aromatic N) is 2. The minimum Gasteiger partial charge on any atom is -0.316 e. The summed E-state index contributed by atoms with van der Waals surface area (Å²) in [6.45, 7) is 4.67. The van der Waals surface area contributed by atoms with Gasteiger partial charge in [0.25, 0.3) is 0 Å². The Morgan fingerprint density at radius 3 is 2.48 bits per heavy atom. The summed E-state index contributed by atoms with van der Waals surface area (Å²) in [6, 6.07) is 18.8. The number of hydrogen-bond donors (Lipinski definition) is 1. The summed E-state index contributed by atoms with van der Waals surface area (Å²) < 4.78 is 0. The Morgan fingerprint density at radius 1 is 1.04 bits per heavy atom. The van der Waals surface area contributed by atoms with Gasteiger partial charge in [0, 0.05) is 24.6 Å². The van der Waals surface area contributed by atoms with Crippen LogP contribution in [0.3, 0.4) is 0 Å². The number of anilines is 1. The standard InChI is InChI=1S/C23H25N3O/c1-17-10-11-21(15-18(17)2)26(14-12-19-7-6-13-25-16-19)23(27)22(24)20-8-4-3-5-9-20/h3-11,13,15-16,22H,12,14,24H2,1-2H3. The number of aromatic nitrogens is 1. The molecule has 1 atom stereocenters. The Bertz CT molecular complexity index is 894. The molecule has 0 aliphatic rings. The third-order valence-corrected chi connectivity index (χ3v) is 4.84. The average Bonchev–Trinajstić information content (AvgIpc) is 2.71. The van der Waals surface area contributed by atoms with E-state index in [2.05, 4.69) is 18.8 Å². The van der Waals surface area contributed by atoms with E-state index in [1.807, 2.05) is 66.9 Å². The molecule has 1 aromatic heterocycles. The lowest BCUT2D eigenvalue weighted by Gasteiger charge is -2.27. The first kappa shape index (κ1) is 18.8. The third kappa shape index (κ3) is 4.60. The Kier molecular flexibility index (Phi) is 5.99. The fraction of sp³-hybridized carbons (Fsp3) is 0.217. The topological polar surface area (TPSA) is 59.2 Å². The smallest absolute Gasteiger partial charge is 0.248 e. The van der Waals surface area contributed by atoms with Gasteiger partial charge in [0.15, 0.2) is 0 Å². The maximum absolute atomic E-state index is 13.2. The Morgan fingerprint density at radius 2 is 1.81 bits per heavy atom. The van der Waals surface area contributed by atoms with E-state index < -0.39 is 6.04 Å². The van der Waals surface area contributed by atoms with E-state index in [1.165, 1.54) is 5.56 Å². The van der Waals surface area contributed by atoms with Gasteiger partial charge >= 0.3 is 0 Å². The predicted octanol–water partition coefficient (Wildman–Crippen LogP) is 3.97. The van der Waals surface area contributed by atoms with Gasteiger partial charge in [-0.3, -0.25) is 9.78 Å². The van der Waals surface area contributed by atoms with Crippen LogP contribution >= 0.6 is 0 Å². The van der Waals surface area contributed by atoms with E-state index in [9.17, 15) is 4.79 Å². The van der Waals surface area contributed by atoms with Gasteiger partial charge < -0.3 is 10.6 Å². The lowest BCUT2D eigenvalue weighted by atomic mass is 10.0. The Labute approximate surface area is 160 Å². The van der Waals surface area contributed by atoms with Crippen LogP contribution in [0.25, 0.3) is 0 Å². The van der Waals surface area contributed by atoms with Gasteiger partial charge in [0.1, 0.15) is 6.04 Å². The largest absolute Gasteiger partial charge is 0.316 e. The fourth-order valence-electron chi connectivity index (χ4n) is 3.02. The molecule has 4 heteroatoms. The molecule has 0 aliphatic heterocycles. The lowest BCUT2D eigenvalue weighted by Crippen LogP contribution is -2.40. The molecule has 0 radical (unpaired) electrons. The lowest BCUT2D eigenvalue weighted by molar-refractivity contribution is -0.120. The van der Waals surface area contributed by atoms with Crippen molar-refractivity contribution in [2.75, 3.05) is 11.4 Å². The van der Waals surface area contributed by atoms with Crippen molar-refractivity contribution in [3.05, 3.63) is 95.3 Å². The molecule has 138 valence electrons. The van der Waals surface area contributed by atoms with Crippen LogP contribution in [0.2, 0.25) is 0 Å². The first-order valence-electron chi connectivity index (χ1n) is 9.14. The number of carbonyl (C=O) groups is 1. The molecule has 2 aromatic carbocycles. The van der Waals surface area contributed by atoms with Crippen molar-refractivity contribution >= 4 is 11.6 Å². The molecule has 0 saturated carbocycles. The first-order chi connectivity index (χ1) is 13.1. The van der Waals surface area contributed by atoms with Crippen molar-refractivity contribution in [3.8, 4) is 0 Å². The molecule has 1 heterocycles. The van der Waals surface area contributed by atoms with E-state index in [-0.39, 0.29) is 5.91 Å². The van der Waals surface area contributed by atoms with Gasteiger partial charge in [0.2, 0.25) is 5.91 Å². The van der Waals surface area contributed by atoms with Gasteiger partial charge in [-0.05, 0) is 60.7 Å². The number of rotatable bonds is 6. The quantitative estimate of drug-likeness (QED) is 0.724. The molecular formula is C23H25N3O. The Balaban J connectivity index is 1.88. The molecular weight excluding hydrogens is 334 g/mol. The van der Waals surface area contributed by atoms with Crippen LogP contribution in [0.5, 0.6) is 0 Å². The van der Waals surface area contributed by atoms with E-state index in [0.29, 0.717) is 13.0 Å². The zero-order chi connectivity index (χ0) is 19.2. The molecule has 0 aliphatic carbocycles. The molecule has 0 saturated heterocycles. The molecule has 0 spiro atoms. The summed E-state index contributed by atoms with van der Waals surface area (Å²) >= 11 is 0. The number of benzene rings is 2. The predicted molar refractivity (Wildman–Crippen MR) is 110 cm³/mol. The summed E-state index contributed by atoms with van der Waals surface area (Å²) in [6.07, 6.45) is 4.30. The molecule has 3 aromatic rings. The second kappa shape index (κ2) is 8.60. The van der Waals surface area contributed by atoms with Crippen molar-refractivity contribution in [1.29, 1.82) is 0 Å². The van der Waals surface area contributed by atoms with Gasteiger partial charge in [-0.15, -0.1) is 0 Å². The average molecular weight is 359 g/mol. The van der Waals surface area contributed by atoms with Crippen molar-refractivity contribution in [3.63, 3.8) is 0 Å². The molecule has 0 fully saturated rings. The highest BCUT2D eigenvalue weighted by molar-refractivity contribution is 5.97.